The van der Waals surface area contributed by atoms with E-state index in [0.29, 0.717) is 0 Å². The van der Waals surface area contributed by atoms with Crippen LogP contribution in [0.4, 0.5) is 0 Å². The van der Waals surface area contributed by atoms with Crippen LogP contribution in [0.15, 0.2) is 47.8 Å². The molecular formula is C17H22N2OS. The van der Waals surface area contributed by atoms with Crippen LogP contribution < -0.4 is 0 Å². The summed E-state index contributed by atoms with van der Waals surface area (Å²) < 4.78 is 0. The highest BCUT2D eigenvalue weighted by Gasteiger charge is 2.25. The molecule has 1 N–H and O–H groups in total. The Kier molecular flexibility index (Phi) is 5.04. The van der Waals surface area contributed by atoms with Crippen LogP contribution in [-0.2, 0) is 13.0 Å². The molecule has 0 aliphatic carbocycles. The third kappa shape index (κ3) is 4.14. The van der Waals surface area contributed by atoms with Crippen molar-refractivity contribution in [2.45, 2.75) is 25.5 Å². The number of benzene rings is 1. The summed E-state index contributed by atoms with van der Waals surface area (Å²) in [5.74, 6) is 0. The number of nitrogens with zero attached hydrogens (tertiary/aromatic N) is 2. The summed E-state index contributed by atoms with van der Waals surface area (Å²) in [6.45, 7) is 3.66. The van der Waals surface area contributed by atoms with Crippen LogP contribution in [0, 0.1) is 0 Å². The zero-order chi connectivity index (χ0) is 14.5. The number of hydrogen-bond donors (Lipinski definition) is 1. The summed E-state index contributed by atoms with van der Waals surface area (Å²) in [6, 6.07) is 14.9. The Morgan fingerprint density at radius 2 is 2.05 bits per heavy atom. The van der Waals surface area contributed by atoms with E-state index in [0.717, 1.165) is 39.0 Å². The summed E-state index contributed by atoms with van der Waals surface area (Å²) >= 11 is 1.80. The van der Waals surface area contributed by atoms with Gasteiger partial charge in [-0.05, 0) is 29.9 Å². The molecule has 1 aromatic carbocycles. The lowest BCUT2D eigenvalue weighted by Gasteiger charge is -2.31. The van der Waals surface area contributed by atoms with Crippen LogP contribution in [0.5, 0.6) is 0 Å². The first-order chi connectivity index (χ1) is 10.3. The lowest BCUT2D eigenvalue weighted by atomic mass is 10.1. The maximum atomic E-state index is 9.79. The van der Waals surface area contributed by atoms with Crippen molar-refractivity contribution >= 4 is 11.3 Å². The monoisotopic (exact) mass is 302 g/mol. The highest BCUT2D eigenvalue weighted by atomic mass is 32.1. The summed E-state index contributed by atoms with van der Waals surface area (Å²) in [4.78, 5) is 1.38. The van der Waals surface area contributed by atoms with Crippen molar-refractivity contribution in [3.8, 4) is 0 Å². The minimum Gasteiger partial charge on any atom is -0.392 e. The Morgan fingerprint density at radius 3 is 2.71 bits per heavy atom. The van der Waals surface area contributed by atoms with Crippen LogP contribution in [0.3, 0.4) is 0 Å². The minimum absolute atomic E-state index is 0.174. The van der Waals surface area contributed by atoms with Crippen LogP contribution in [-0.4, -0.2) is 40.9 Å². The Labute approximate surface area is 130 Å². The van der Waals surface area contributed by atoms with Crippen molar-refractivity contribution in [3.63, 3.8) is 0 Å². The van der Waals surface area contributed by atoms with E-state index in [1.165, 1.54) is 10.4 Å². The van der Waals surface area contributed by atoms with Gasteiger partial charge in [-0.15, -0.1) is 11.3 Å². The molecule has 0 bridgehead atoms. The van der Waals surface area contributed by atoms with Gasteiger partial charge < -0.3 is 5.11 Å². The molecule has 1 aromatic heterocycles. The van der Waals surface area contributed by atoms with E-state index < -0.39 is 0 Å². The van der Waals surface area contributed by atoms with Crippen molar-refractivity contribution in [2.75, 3.05) is 19.6 Å². The van der Waals surface area contributed by atoms with E-state index in [1.54, 1.807) is 11.3 Å². The first-order valence-electron chi connectivity index (χ1n) is 7.55. The smallest absolute Gasteiger partial charge is 0.0694 e. The van der Waals surface area contributed by atoms with Gasteiger partial charge in [0.2, 0.25) is 0 Å². The van der Waals surface area contributed by atoms with Gasteiger partial charge in [0.25, 0.3) is 0 Å². The van der Waals surface area contributed by atoms with Gasteiger partial charge in [-0.1, -0.05) is 36.4 Å². The molecule has 21 heavy (non-hydrogen) atoms. The Balaban J connectivity index is 1.63. The predicted octanol–water partition coefficient (Wildman–Crippen LogP) is 2.77. The molecule has 2 heterocycles. The number of β-amino-alcohol motifs (C(OH)–C–C–N with tert-alkyl or cyclic N) is 1. The maximum absolute atomic E-state index is 9.79. The molecule has 1 fully saturated rings. The topological polar surface area (TPSA) is 26.7 Å². The van der Waals surface area contributed by atoms with Crippen molar-refractivity contribution in [3.05, 3.63) is 58.3 Å². The first-order valence-corrected chi connectivity index (χ1v) is 8.43. The second-order valence-corrected chi connectivity index (χ2v) is 6.59. The third-order valence-corrected chi connectivity index (χ3v) is 4.82. The van der Waals surface area contributed by atoms with Gasteiger partial charge in [-0.3, -0.25) is 0 Å². The van der Waals surface area contributed by atoms with Gasteiger partial charge in [-0.25, -0.2) is 10.0 Å². The van der Waals surface area contributed by atoms with Crippen molar-refractivity contribution < 1.29 is 5.11 Å². The van der Waals surface area contributed by atoms with Crippen LogP contribution in [0.25, 0.3) is 0 Å². The SMILES string of the molecule is O[C@H]1CCN(N(CCc2ccccc2)Cc2cccs2)C1. The van der Waals surface area contributed by atoms with Crippen LogP contribution >= 0.6 is 11.3 Å². The Hall–Kier alpha value is -1.20. The number of thiophene rings is 1. The van der Waals surface area contributed by atoms with Crippen LogP contribution in [0.1, 0.15) is 16.9 Å². The van der Waals surface area contributed by atoms with Gasteiger partial charge in [0.15, 0.2) is 0 Å². The molecule has 1 atom stereocenters. The van der Waals surface area contributed by atoms with E-state index in [4.69, 9.17) is 0 Å². The Morgan fingerprint density at radius 1 is 1.19 bits per heavy atom. The van der Waals surface area contributed by atoms with E-state index in [1.807, 2.05) is 0 Å². The molecule has 1 saturated heterocycles. The third-order valence-electron chi connectivity index (χ3n) is 3.96. The van der Waals surface area contributed by atoms with E-state index in [-0.39, 0.29) is 6.10 Å². The maximum Gasteiger partial charge on any atom is 0.0694 e. The standard InChI is InChI=1S/C17H22N2OS/c20-16-9-11-18(13-16)19(14-17-7-4-12-21-17)10-8-15-5-2-1-3-6-15/h1-7,12,16,20H,8-11,13-14H2/t16-/m0/s1. The van der Waals surface area contributed by atoms with Gasteiger partial charge in [0, 0.05) is 31.1 Å². The number of hydrogen-bond acceptors (Lipinski definition) is 4. The molecule has 1 aliphatic rings. The van der Waals surface area contributed by atoms with Crippen molar-refractivity contribution in [1.82, 2.24) is 10.0 Å². The summed E-state index contributed by atoms with van der Waals surface area (Å²) in [5, 5.41) is 16.6. The lowest BCUT2D eigenvalue weighted by molar-refractivity contribution is -0.0195. The predicted molar refractivity (Wildman–Crippen MR) is 87.1 cm³/mol. The fourth-order valence-corrected chi connectivity index (χ4v) is 3.50. The summed E-state index contributed by atoms with van der Waals surface area (Å²) in [5.41, 5.74) is 1.37. The van der Waals surface area contributed by atoms with Gasteiger partial charge in [0.1, 0.15) is 0 Å². The quantitative estimate of drug-likeness (QED) is 0.889. The second-order valence-electron chi connectivity index (χ2n) is 5.56. The van der Waals surface area contributed by atoms with E-state index >= 15 is 0 Å². The molecule has 0 radical (unpaired) electrons. The number of hydrazine groups is 1. The molecular weight excluding hydrogens is 280 g/mol. The molecule has 1 aliphatic heterocycles. The minimum atomic E-state index is -0.174. The number of aliphatic hydroxyl groups is 1. The van der Waals surface area contributed by atoms with Crippen molar-refractivity contribution in [2.24, 2.45) is 0 Å². The second kappa shape index (κ2) is 7.18. The normalized spacial score (nSPS) is 19.4. The highest BCUT2D eigenvalue weighted by Crippen LogP contribution is 2.18. The first kappa shape index (κ1) is 14.7. The largest absolute Gasteiger partial charge is 0.392 e. The fraction of sp³-hybridized carbons (Fsp3) is 0.412. The molecule has 2 aromatic rings. The zero-order valence-electron chi connectivity index (χ0n) is 12.2. The molecule has 3 nitrogen and oxygen atoms in total. The average Bonchev–Trinajstić information content (AvgIpc) is 3.16. The molecule has 0 saturated carbocycles. The van der Waals surface area contributed by atoms with Gasteiger partial charge >= 0.3 is 0 Å². The van der Waals surface area contributed by atoms with Gasteiger partial charge in [0.05, 0.1) is 6.10 Å². The summed E-state index contributed by atoms with van der Waals surface area (Å²) in [6.07, 6.45) is 1.75. The molecule has 4 heteroatoms. The molecule has 112 valence electrons. The molecule has 0 spiro atoms. The molecule has 3 rings (SSSR count). The lowest BCUT2D eigenvalue weighted by Crippen LogP contribution is -2.42. The summed E-state index contributed by atoms with van der Waals surface area (Å²) in [7, 11) is 0. The van der Waals surface area contributed by atoms with E-state index in [2.05, 4.69) is 57.9 Å². The molecule has 0 amide bonds. The number of aliphatic hydroxyl groups excluding tert-OH is 1. The van der Waals surface area contributed by atoms with Crippen molar-refractivity contribution in [1.29, 1.82) is 0 Å². The average molecular weight is 302 g/mol. The zero-order valence-corrected chi connectivity index (χ0v) is 13.0. The van der Waals surface area contributed by atoms with E-state index in [9.17, 15) is 5.11 Å². The highest BCUT2D eigenvalue weighted by molar-refractivity contribution is 7.09. The number of rotatable bonds is 6. The molecule has 0 unspecified atom stereocenters. The van der Waals surface area contributed by atoms with Gasteiger partial charge in [-0.2, -0.15) is 0 Å². The van der Waals surface area contributed by atoms with Crippen LogP contribution in [0.2, 0.25) is 0 Å². The fourth-order valence-electron chi connectivity index (χ4n) is 2.79. The Bertz CT molecular complexity index is 529.